The van der Waals surface area contributed by atoms with Crippen LogP contribution >= 0.6 is 0 Å². The van der Waals surface area contributed by atoms with E-state index in [0.29, 0.717) is 23.8 Å². The minimum absolute atomic E-state index is 0.356. The number of rotatable bonds is 2. The molecule has 3 nitrogen and oxygen atoms in total. The zero-order valence-corrected chi connectivity index (χ0v) is 10.1. The SMILES string of the molecule is CC1CCC(S(=O)(=O)c2ccccc2)OC1. The summed E-state index contributed by atoms with van der Waals surface area (Å²) in [5.74, 6) is 0.460. The van der Waals surface area contributed by atoms with E-state index in [4.69, 9.17) is 4.74 Å². The van der Waals surface area contributed by atoms with Crippen molar-refractivity contribution < 1.29 is 13.2 Å². The lowest BCUT2D eigenvalue weighted by atomic mass is 10.1. The van der Waals surface area contributed by atoms with Gasteiger partial charge in [-0.15, -0.1) is 0 Å². The molecule has 1 aromatic rings. The van der Waals surface area contributed by atoms with Crippen LogP contribution in [0.3, 0.4) is 0 Å². The standard InChI is InChI=1S/C12H16O3S/c1-10-7-8-12(15-9-10)16(13,14)11-5-3-2-4-6-11/h2-6,10,12H,7-9H2,1H3. The maximum Gasteiger partial charge on any atom is 0.205 e. The van der Waals surface area contributed by atoms with Gasteiger partial charge in [0.1, 0.15) is 0 Å². The van der Waals surface area contributed by atoms with Crippen LogP contribution in [0.25, 0.3) is 0 Å². The van der Waals surface area contributed by atoms with Crippen molar-refractivity contribution in [2.75, 3.05) is 6.61 Å². The van der Waals surface area contributed by atoms with Crippen molar-refractivity contribution in [3.8, 4) is 0 Å². The van der Waals surface area contributed by atoms with Crippen LogP contribution in [0.4, 0.5) is 0 Å². The average molecular weight is 240 g/mol. The van der Waals surface area contributed by atoms with Crippen molar-refractivity contribution in [1.29, 1.82) is 0 Å². The lowest BCUT2D eigenvalue weighted by molar-refractivity contribution is 0.0343. The zero-order chi connectivity index (χ0) is 11.6. The number of hydrogen-bond donors (Lipinski definition) is 0. The molecule has 0 radical (unpaired) electrons. The molecule has 2 rings (SSSR count). The second-order valence-corrected chi connectivity index (χ2v) is 6.39. The van der Waals surface area contributed by atoms with Crippen molar-refractivity contribution >= 4 is 9.84 Å². The summed E-state index contributed by atoms with van der Waals surface area (Å²) >= 11 is 0. The van der Waals surface area contributed by atoms with Crippen molar-refractivity contribution in [3.63, 3.8) is 0 Å². The van der Waals surface area contributed by atoms with Crippen molar-refractivity contribution in [1.82, 2.24) is 0 Å². The molecule has 1 aliphatic rings. The maximum atomic E-state index is 12.2. The molecule has 2 unspecified atom stereocenters. The fourth-order valence-corrected chi connectivity index (χ4v) is 3.41. The summed E-state index contributed by atoms with van der Waals surface area (Å²) in [6.45, 7) is 2.61. The van der Waals surface area contributed by atoms with Crippen LogP contribution in [-0.2, 0) is 14.6 Å². The molecule has 0 N–H and O–H groups in total. The Kier molecular flexibility index (Phi) is 3.30. The summed E-state index contributed by atoms with van der Waals surface area (Å²) in [4.78, 5) is 0.356. The van der Waals surface area contributed by atoms with E-state index in [1.54, 1.807) is 24.3 Å². The summed E-state index contributed by atoms with van der Waals surface area (Å²) in [6, 6.07) is 8.52. The fourth-order valence-electron chi connectivity index (χ4n) is 1.87. The predicted molar refractivity (Wildman–Crippen MR) is 61.8 cm³/mol. The minimum Gasteiger partial charge on any atom is -0.362 e. The van der Waals surface area contributed by atoms with E-state index in [2.05, 4.69) is 6.92 Å². The molecule has 0 spiro atoms. The third kappa shape index (κ3) is 2.28. The molecule has 0 bridgehead atoms. The topological polar surface area (TPSA) is 43.4 Å². The van der Waals surface area contributed by atoms with Gasteiger partial charge in [-0.05, 0) is 30.9 Å². The van der Waals surface area contributed by atoms with Gasteiger partial charge in [-0.2, -0.15) is 0 Å². The summed E-state index contributed by atoms with van der Waals surface area (Å²) in [5.41, 5.74) is -0.661. The van der Waals surface area contributed by atoms with Gasteiger partial charge in [0.05, 0.1) is 11.5 Å². The molecule has 4 heteroatoms. The Hall–Kier alpha value is -0.870. The van der Waals surface area contributed by atoms with Gasteiger partial charge >= 0.3 is 0 Å². The van der Waals surface area contributed by atoms with Gasteiger partial charge in [0, 0.05) is 0 Å². The van der Waals surface area contributed by atoms with Crippen LogP contribution < -0.4 is 0 Å². The Morgan fingerprint density at radius 2 is 1.88 bits per heavy atom. The third-order valence-corrected chi connectivity index (χ3v) is 4.87. The summed E-state index contributed by atoms with van der Waals surface area (Å²) in [7, 11) is -3.31. The van der Waals surface area contributed by atoms with Crippen molar-refractivity contribution in [2.24, 2.45) is 5.92 Å². The van der Waals surface area contributed by atoms with Gasteiger partial charge in [-0.25, -0.2) is 8.42 Å². The first kappa shape index (κ1) is 11.6. The zero-order valence-electron chi connectivity index (χ0n) is 9.30. The van der Waals surface area contributed by atoms with E-state index in [-0.39, 0.29) is 0 Å². The molecular formula is C12H16O3S. The molecule has 1 heterocycles. The molecule has 1 saturated heterocycles. The smallest absolute Gasteiger partial charge is 0.205 e. The number of hydrogen-bond acceptors (Lipinski definition) is 3. The number of sulfone groups is 1. The molecule has 0 amide bonds. The lowest BCUT2D eigenvalue weighted by Gasteiger charge is -2.26. The molecule has 0 saturated carbocycles. The molecule has 0 aliphatic carbocycles. The molecular weight excluding hydrogens is 224 g/mol. The highest BCUT2D eigenvalue weighted by molar-refractivity contribution is 7.91. The van der Waals surface area contributed by atoms with Gasteiger partial charge in [-0.1, -0.05) is 25.1 Å². The van der Waals surface area contributed by atoms with Crippen molar-refractivity contribution in [3.05, 3.63) is 30.3 Å². The number of benzene rings is 1. The Morgan fingerprint density at radius 1 is 1.19 bits per heavy atom. The third-order valence-electron chi connectivity index (χ3n) is 2.88. The molecule has 88 valence electrons. The van der Waals surface area contributed by atoms with E-state index in [9.17, 15) is 8.42 Å². The normalized spacial score (nSPS) is 26.6. The van der Waals surface area contributed by atoms with Gasteiger partial charge in [0.15, 0.2) is 5.44 Å². The summed E-state index contributed by atoms with van der Waals surface area (Å²) in [6.07, 6.45) is 1.51. The Labute approximate surface area is 96.4 Å². The van der Waals surface area contributed by atoms with Crippen molar-refractivity contribution in [2.45, 2.75) is 30.1 Å². The summed E-state index contributed by atoms with van der Waals surface area (Å²) < 4.78 is 29.8. The monoisotopic (exact) mass is 240 g/mol. The van der Waals surface area contributed by atoms with Crippen LogP contribution in [0, 0.1) is 5.92 Å². The highest BCUT2D eigenvalue weighted by atomic mass is 32.2. The molecule has 1 aromatic carbocycles. The maximum absolute atomic E-state index is 12.2. The van der Waals surface area contributed by atoms with E-state index in [1.165, 1.54) is 0 Å². The van der Waals surface area contributed by atoms with E-state index in [1.807, 2.05) is 6.07 Å². The first-order valence-corrected chi connectivity index (χ1v) is 7.06. The second-order valence-electron chi connectivity index (χ2n) is 4.30. The lowest BCUT2D eigenvalue weighted by Crippen LogP contribution is -2.31. The molecule has 16 heavy (non-hydrogen) atoms. The fraction of sp³-hybridized carbons (Fsp3) is 0.500. The molecule has 1 fully saturated rings. The number of ether oxygens (including phenoxy) is 1. The molecule has 0 aromatic heterocycles. The van der Waals surface area contributed by atoms with Crippen LogP contribution in [-0.4, -0.2) is 20.5 Å². The molecule has 1 aliphatic heterocycles. The quantitative estimate of drug-likeness (QED) is 0.796. The Balaban J connectivity index is 2.20. The highest BCUT2D eigenvalue weighted by Gasteiger charge is 2.31. The van der Waals surface area contributed by atoms with Gasteiger partial charge in [0.2, 0.25) is 9.84 Å². The summed E-state index contributed by atoms with van der Waals surface area (Å²) in [5, 5.41) is 0. The predicted octanol–water partition coefficient (Wildman–Crippen LogP) is 2.23. The first-order valence-electron chi connectivity index (χ1n) is 5.51. The average Bonchev–Trinajstić information content (AvgIpc) is 2.31. The second kappa shape index (κ2) is 4.55. The van der Waals surface area contributed by atoms with E-state index >= 15 is 0 Å². The Bertz CT molecular complexity index is 431. The first-order chi connectivity index (χ1) is 7.60. The Morgan fingerprint density at radius 3 is 2.44 bits per heavy atom. The van der Waals surface area contributed by atoms with Crippen LogP contribution in [0.15, 0.2) is 35.2 Å². The van der Waals surface area contributed by atoms with E-state index in [0.717, 1.165) is 6.42 Å². The van der Waals surface area contributed by atoms with Crippen LogP contribution in [0.1, 0.15) is 19.8 Å². The largest absolute Gasteiger partial charge is 0.362 e. The minimum atomic E-state index is -3.31. The van der Waals surface area contributed by atoms with Gasteiger partial charge in [0.25, 0.3) is 0 Å². The highest BCUT2D eigenvalue weighted by Crippen LogP contribution is 2.26. The van der Waals surface area contributed by atoms with Gasteiger partial charge < -0.3 is 4.74 Å². The molecule has 2 atom stereocenters. The van der Waals surface area contributed by atoms with Gasteiger partial charge in [-0.3, -0.25) is 0 Å². The van der Waals surface area contributed by atoms with Crippen LogP contribution in [0.5, 0.6) is 0 Å². The van der Waals surface area contributed by atoms with E-state index < -0.39 is 15.3 Å². The van der Waals surface area contributed by atoms with Crippen LogP contribution in [0.2, 0.25) is 0 Å².